The highest BCUT2D eigenvalue weighted by atomic mass is 35.5. The maximum atomic E-state index is 13.0. The van der Waals surface area contributed by atoms with Gasteiger partial charge in [-0.25, -0.2) is 8.78 Å². The molecule has 0 unspecified atom stereocenters. The normalized spacial score (nSPS) is 10.3. The average Bonchev–Trinajstić information content (AvgIpc) is 2.37. The summed E-state index contributed by atoms with van der Waals surface area (Å²) >= 11 is 5.58. The van der Waals surface area contributed by atoms with E-state index in [9.17, 15) is 13.6 Å². The molecule has 0 fully saturated rings. The summed E-state index contributed by atoms with van der Waals surface area (Å²) in [7, 11) is 0. The van der Waals surface area contributed by atoms with Gasteiger partial charge in [0, 0.05) is 5.56 Å². The Bertz CT molecular complexity index is 647. The first-order valence-corrected chi connectivity index (χ1v) is 5.66. The molecule has 0 saturated carbocycles. The number of nitrogen functional groups attached to an aromatic ring is 1. The number of hydrogen-bond donors (Lipinski definition) is 2. The molecule has 6 heteroatoms. The second-order valence-corrected chi connectivity index (χ2v) is 4.22. The Morgan fingerprint density at radius 3 is 2.58 bits per heavy atom. The van der Waals surface area contributed by atoms with Crippen molar-refractivity contribution >= 4 is 28.9 Å². The predicted octanol–water partition coefficient (Wildman–Crippen LogP) is 3.45. The molecule has 0 aliphatic heterocycles. The third-order valence-electron chi connectivity index (χ3n) is 2.45. The third-order valence-corrected chi connectivity index (χ3v) is 2.73. The van der Waals surface area contributed by atoms with Crippen LogP contribution in [0.3, 0.4) is 0 Å². The van der Waals surface area contributed by atoms with Crippen LogP contribution in [0.4, 0.5) is 20.2 Å². The molecule has 0 heterocycles. The van der Waals surface area contributed by atoms with Crippen LogP contribution in [0.2, 0.25) is 5.02 Å². The molecule has 0 aromatic heterocycles. The van der Waals surface area contributed by atoms with Crippen LogP contribution >= 0.6 is 11.6 Å². The molecule has 0 spiro atoms. The van der Waals surface area contributed by atoms with Gasteiger partial charge >= 0.3 is 0 Å². The summed E-state index contributed by atoms with van der Waals surface area (Å²) in [4.78, 5) is 11.9. The largest absolute Gasteiger partial charge is 0.397 e. The van der Waals surface area contributed by atoms with Crippen molar-refractivity contribution in [2.24, 2.45) is 0 Å². The molecule has 0 bridgehead atoms. The van der Waals surface area contributed by atoms with E-state index in [-0.39, 0.29) is 22.0 Å². The van der Waals surface area contributed by atoms with Crippen LogP contribution in [0.5, 0.6) is 0 Å². The van der Waals surface area contributed by atoms with Gasteiger partial charge in [-0.2, -0.15) is 0 Å². The third kappa shape index (κ3) is 3.00. The topological polar surface area (TPSA) is 55.1 Å². The Labute approximate surface area is 113 Å². The number of anilines is 2. The fourth-order valence-corrected chi connectivity index (χ4v) is 1.65. The lowest BCUT2D eigenvalue weighted by molar-refractivity contribution is 0.102. The van der Waals surface area contributed by atoms with Crippen molar-refractivity contribution in [2.75, 3.05) is 11.1 Å². The number of halogens is 3. The van der Waals surface area contributed by atoms with Crippen LogP contribution in [-0.2, 0) is 0 Å². The van der Waals surface area contributed by atoms with Crippen molar-refractivity contribution in [3.8, 4) is 0 Å². The van der Waals surface area contributed by atoms with Gasteiger partial charge in [-0.1, -0.05) is 11.6 Å². The fourth-order valence-electron chi connectivity index (χ4n) is 1.47. The Kier molecular flexibility index (Phi) is 3.66. The first-order chi connectivity index (χ1) is 8.97. The maximum absolute atomic E-state index is 13.0. The molecule has 98 valence electrons. The van der Waals surface area contributed by atoms with E-state index in [1.807, 2.05) is 0 Å². The average molecular weight is 283 g/mol. The molecular formula is C13H9ClF2N2O. The lowest BCUT2D eigenvalue weighted by Crippen LogP contribution is -2.13. The minimum atomic E-state index is -0.622. The Morgan fingerprint density at radius 1 is 1.16 bits per heavy atom. The van der Waals surface area contributed by atoms with Gasteiger partial charge in [-0.05, 0) is 36.4 Å². The number of benzene rings is 2. The van der Waals surface area contributed by atoms with Crippen molar-refractivity contribution in [1.82, 2.24) is 0 Å². The summed E-state index contributed by atoms with van der Waals surface area (Å²) < 4.78 is 26.0. The molecule has 0 radical (unpaired) electrons. The first-order valence-electron chi connectivity index (χ1n) is 5.29. The Morgan fingerprint density at radius 2 is 1.89 bits per heavy atom. The number of carbonyl (C=O) groups excluding carboxylic acids is 1. The molecule has 3 nitrogen and oxygen atoms in total. The van der Waals surface area contributed by atoms with Gasteiger partial charge in [0.25, 0.3) is 5.91 Å². The molecular weight excluding hydrogens is 274 g/mol. The van der Waals surface area contributed by atoms with Crippen molar-refractivity contribution < 1.29 is 13.6 Å². The SMILES string of the molecule is Nc1ccc(F)cc1NC(=O)c1ccc(F)c(Cl)c1. The number of amides is 1. The number of carbonyl (C=O) groups is 1. The molecule has 2 aromatic rings. The molecule has 2 rings (SSSR count). The molecule has 3 N–H and O–H groups in total. The van der Waals surface area contributed by atoms with Crippen molar-refractivity contribution in [1.29, 1.82) is 0 Å². The zero-order chi connectivity index (χ0) is 14.0. The molecule has 2 aromatic carbocycles. The van der Waals surface area contributed by atoms with Crippen molar-refractivity contribution in [3.63, 3.8) is 0 Å². The van der Waals surface area contributed by atoms with Crippen molar-refractivity contribution in [2.45, 2.75) is 0 Å². The van der Waals surface area contributed by atoms with E-state index in [1.165, 1.54) is 24.3 Å². The van der Waals surface area contributed by atoms with Crippen LogP contribution in [-0.4, -0.2) is 5.91 Å². The highest BCUT2D eigenvalue weighted by molar-refractivity contribution is 6.31. The van der Waals surface area contributed by atoms with Gasteiger partial charge < -0.3 is 11.1 Å². The van der Waals surface area contributed by atoms with Crippen LogP contribution in [0.25, 0.3) is 0 Å². The van der Waals surface area contributed by atoms with E-state index in [4.69, 9.17) is 17.3 Å². The Balaban J connectivity index is 2.25. The zero-order valence-electron chi connectivity index (χ0n) is 9.58. The molecule has 19 heavy (non-hydrogen) atoms. The smallest absolute Gasteiger partial charge is 0.255 e. The van der Waals surface area contributed by atoms with Gasteiger partial charge in [-0.3, -0.25) is 4.79 Å². The molecule has 1 amide bonds. The fraction of sp³-hybridized carbons (Fsp3) is 0. The number of nitrogens with two attached hydrogens (primary N) is 1. The van der Waals surface area contributed by atoms with E-state index < -0.39 is 17.5 Å². The summed E-state index contributed by atoms with van der Waals surface area (Å²) in [5, 5.41) is 2.26. The summed E-state index contributed by atoms with van der Waals surface area (Å²) in [6.45, 7) is 0. The first kappa shape index (κ1) is 13.3. The molecule has 0 saturated heterocycles. The quantitative estimate of drug-likeness (QED) is 0.829. The van der Waals surface area contributed by atoms with Gasteiger partial charge in [0.2, 0.25) is 0 Å². The lowest BCUT2D eigenvalue weighted by atomic mass is 10.2. The Hall–Kier alpha value is -2.14. The van der Waals surface area contributed by atoms with Gasteiger partial charge in [-0.15, -0.1) is 0 Å². The van der Waals surface area contributed by atoms with E-state index in [0.29, 0.717) is 0 Å². The second kappa shape index (κ2) is 5.24. The standard InChI is InChI=1S/C13H9ClF2N2O/c14-9-5-7(1-3-10(9)16)13(19)18-12-6-8(15)2-4-11(12)17/h1-6H,17H2,(H,18,19). The van der Waals surface area contributed by atoms with Crippen LogP contribution < -0.4 is 11.1 Å². The van der Waals surface area contributed by atoms with E-state index in [2.05, 4.69) is 5.32 Å². The lowest BCUT2D eigenvalue weighted by Gasteiger charge is -2.08. The minimum Gasteiger partial charge on any atom is -0.397 e. The zero-order valence-corrected chi connectivity index (χ0v) is 10.3. The monoisotopic (exact) mass is 282 g/mol. The summed E-state index contributed by atoms with van der Waals surface area (Å²) in [6.07, 6.45) is 0. The number of nitrogens with one attached hydrogen (secondary N) is 1. The predicted molar refractivity (Wildman–Crippen MR) is 70.2 cm³/mol. The maximum Gasteiger partial charge on any atom is 0.255 e. The highest BCUT2D eigenvalue weighted by Gasteiger charge is 2.11. The molecule has 0 aliphatic rings. The van der Waals surface area contributed by atoms with Gasteiger partial charge in [0.05, 0.1) is 16.4 Å². The molecule has 0 atom stereocenters. The van der Waals surface area contributed by atoms with E-state index >= 15 is 0 Å². The van der Waals surface area contributed by atoms with E-state index in [0.717, 1.165) is 12.1 Å². The van der Waals surface area contributed by atoms with Crippen LogP contribution in [0, 0.1) is 11.6 Å². The summed E-state index contributed by atoms with van der Waals surface area (Å²) in [6, 6.07) is 7.14. The second-order valence-electron chi connectivity index (χ2n) is 3.81. The highest BCUT2D eigenvalue weighted by Crippen LogP contribution is 2.21. The number of hydrogen-bond acceptors (Lipinski definition) is 2. The summed E-state index contributed by atoms with van der Waals surface area (Å²) in [5.41, 5.74) is 6.12. The molecule has 0 aliphatic carbocycles. The van der Waals surface area contributed by atoms with Gasteiger partial charge in [0.1, 0.15) is 11.6 Å². The number of rotatable bonds is 2. The van der Waals surface area contributed by atoms with Gasteiger partial charge in [0.15, 0.2) is 0 Å². The van der Waals surface area contributed by atoms with E-state index in [1.54, 1.807) is 0 Å². The summed E-state index contributed by atoms with van der Waals surface area (Å²) in [5.74, 6) is -1.70. The van der Waals surface area contributed by atoms with Crippen LogP contribution in [0.1, 0.15) is 10.4 Å². The van der Waals surface area contributed by atoms with Crippen LogP contribution in [0.15, 0.2) is 36.4 Å². The van der Waals surface area contributed by atoms with Crippen molar-refractivity contribution in [3.05, 3.63) is 58.6 Å². The minimum absolute atomic E-state index is 0.144.